The van der Waals surface area contributed by atoms with Gasteiger partial charge in [0.1, 0.15) is 10.8 Å². The smallest absolute Gasteiger partial charge is 0.348 e. The first-order valence-electron chi connectivity index (χ1n) is 11.1. The fourth-order valence-electron chi connectivity index (χ4n) is 4.17. The molecule has 0 spiro atoms. The molecular weight excluding hydrogens is 431 g/mol. The Morgan fingerprint density at radius 3 is 2.78 bits per heavy atom. The van der Waals surface area contributed by atoms with E-state index in [0.29, 0.717) is 22.8 Å². The van der Waals surface area contributed by atoms with Crippen molar-refractivity contribution in [3.63, 3.8) is 0 Å². The van der Waals surface area contributed by atoms with Gasteiger partial charge in [-0.1, -0.05) is 17.8 Å². The van der Waals surface area contributed by atoms with Gasteiger partial charge in [-0.3, -0.25) is 14.3 Å². The molecule has 2 aliphatic rings. The standard InChI is InChI=1S/C23H29FN4O3S/c1-16-6-7-17(14-19(16)24)25-21(29)15-32-22-18-4-2-3-5-20(18)28(23(30)26-22)9-8-27-10-12-31-13-11-27/h6-7,14H,2-5,8-13,15H2,1H3,(H,25,29). The average molecular weight is 461 g/mol. The van der Waals surface area contributed by atoms with E-state index in [4.69, 9.17) is 4.74 Å². The van der Waals surface area contributed by atoms with Crippen molar-refractivity contribution in [2.24, 2.45) is 0 Å². The third kappa shape index (κ3) is 5.57. The first-order valence-corrected chi connectivity index (χ1v) is 12.1. The molecule has 0 unspecified atom stereocenters. The molecule has 172 valence electrons. The van der Waals surface area contributed by atoms with Crippen LogP contribution in [0.3, 0.4) is 0 Å². The van der Waals surface area contributed by atoms with Gasteiger partial charge in [0.2, 0.25) is 5.91 Å². The Morgan fingerprint density at radius 2 is 2.00 bits per heavy atom. The van der Waals surface area contributed by atoms with Crippen LogP contribution in [0.15, 0.2) is 28.0 Å². The van der Waals surface area contributed by atoms with Crippen LogP contribution in [-0.2, 0) is 28.9 Å². The predicted octanol–water partition coefficient (Wildman–Crippen LogP) is 2.63. The maximum atomic E-state index is 13.7. The van der Waals surface area contributed by atoms with Crippen LogP contribution in [0.2, 0.25) is 0 Å². The van der Waals surface area contributed by atoms with Crippen LogP contribution in [-0.4, -0.2) is 59.0 Å². The lowest BCUT2D eigenvalue weighted by molar-refractivity contribution is -0.113. The molecule has 0 atom stereocenters. The Hall–Kier alpha value is -2.23. The first kappa shape index (κ1) is 22.9. The molecule has 7 nitrogen and oxygen atoms in total. The van der Waals surface area contributed by atoms with Gasteiger partial charge >= 0.3 is 5.69 Å². The van der Waals surface area contributed by atoms with Crippen LogP contribution in [0.1, 0.15) is 29.7 Å². The lowest BCUT2D eigenvalue weighted by Crippen LogP contribution is -2.40. The van der Waals surface area contributed by atoms with E-state index in [0.717, 1.165) is 69.8 Å². The van der Waals surface area contributed by atoms with E-state index in [1.54, 1.807) is 19.1 Å². The van der Waals surface area contributed by atoms with Crippen molar-refractivity contribution in [2.45, 2.75) is 44.2 Å². The number of morpholine rings is 1. The number of aromatic nitrogens is 2. The Kier molecular flexibility index (Phi) is 7.59. The van der Waals surface area contributed by atoms with Crippen molar-refractivity contribution in [3.05, 3.63) is 51.3 Å². The summed E-state index contributed by atoms with van der Waals surface area (Å²) in [6.45, 7) is 6.35. The molecule has 32 heavy (non-hydrogen) atoms. The maximum Gasteiger partial charge on any atom is 0.348 e. The highest BCUT2D eigenvalue weighted by atomic mass is 32.2. The minimum absolute atomic E-state index is 0.117. The number of hydrogen-bond acceptors (Lipinski definition) is 6. The maximum absolute atomic E-state index is 13.7. The number of nitrogens with zero attached hydrogens (tertiary/aromatic N) is 3. The Labute approximate surface area is 191 Å². The summed E-state index contributed by atoms with van der Waals surface area (Å²) in [5, 5.41) is 3.37. The molecule has 4 rings (SSSR count). The molecule has 2 aromatic rings. The van der Waals surface area contributed by atoms with Gasteiger partial charge in [-0.2, -0.15) is 4.98 Å². The fourth-order valence-corrected chi connectivity index (χ4v) is 5.04. The number of fused-ring (bicyclic) bond motifs is 1. The van der Waals surface area contributed by atoms with Gasteiger partial charge in [-0.05, 0) is 50.3 Å². The van der Waals surface area contributed by atoms with E-state index < -0.39 is 0 Å². The molecule has 9 heteroatoms. The molecule has 1 aromatic carbocycles. The molecule has 1 N–H and O–H groups in total. The zero-order valence-corrected chi connectivity index (χ0v) is 19.2. The Bertz CT molecular complexity index is 1040. The van der Waals surface area contributed by atoms with Crippen LogP contribution in [0, 0.1) is 12.7 Å². The van der Waals surface area contributed by atoms with Crippen molar-refractivity contribution >= 4 is 23.4 Å². The third-order valence-corrected chi connectivity index (χ3v) is 7.01. The van der Waals surface area contributed by atoms with E-state index >= 15 is 0 Å². The quantitative estimate of drug-likeness (QED) is 0.506. The third-order valence-electron chi connectivity index (χ3n) is 5.99. The number of ether oxygens (including phenoxy) is 1. The monoisotopic (exact) mass is 460 g/mol. The Morgan fingerprint density at radius 1 is 1.22 bits per heavy atom. The lowest BCUT2D eigenvalue weighted by atomic mass is 9.97. The highest BCUT2D eigenvalue weighted by Gasteiger charge is 2.22. The second-order valence-corrected chi connectivity index (χ2v) is 9.20. The van der Waals surface area contributed by atoms with Gasteiger partial charge in [0.05, 0.1) is 19.0 Å². The number of hydrogen-bond donors (Lipinski definition) is 1. The van der Waals surface area contributed by atoms with Gasteiger partial charge in [0.25, 0.3) is 0 Å². The van der Waals surface area contributed by atoms with E-state index in [9.17, 15) is 14.0 Å². The van der Waals surface area contributed by atoms with Crippen LogP contribution in [0.5, 0.6) is 0 Å². The zero-order valence-electron chi connectivity index (χ0n) is 18.4. The minimum atomic E-state index is -0.355. The topological polar surface area (TPSA) is 76.5 Å². The number of carbonyl (C=O) groups excluding carboxylic acids is 1. The molecule has 1 aromatic heterocycles. The number of carbonyl (C=O) groups is 1. The van der Waals surface area contributed by atoms with Gasteiger partial charge < -0.3 is 10.1 Å². The molecular formula is C23H29FN4O3S. The SMILES string of the molecule is Cc1ccc(NC(=O)CSc2nc(=O)n(CCN3CCOCC3)c3c2CCCC3)cc1F. The molecule has 1 amide bonds. The highest BCUT2D eigenvalue weighted by Crippen LogP contribution is 2.28. The summed E-state index contributed by atoms with van der Waals surface area (Å²) < 4.78 is 20.9. The predicted molar refractivity (Wildman–Crippen MR) is 123 cm³/mol. The lowest BCUT2D eigenvalue weighted by Gasteiger charge is -2.28. The van der Waals surface area contributed by atoms with Crippen molar-refractivity contribution in [3.8, 4) is 0 Å². The van der Waals surface area contributed by atoms with Crippen LogP contribution in [0.25, 0.3) is 0 Å². The number of benzene rings is 1. The molecule has 1 fully saturated rings. The number of aryl methyl sites for hydroxylation is 1. The molecule has 1 aliphatic heterocycles. The number of amides is 1. The number of rotatable bonds is 7. The van der Waals surface area contributed by atoms with E-state index in [1.165, 1.54) is 17.8 Å². The van der Waals surface area contributed by atoms with E-state index in [1.807, 2.05) is 4.57 Å². The Balaban J connectivity index is 1.44. The second kappa shape index (κ2) is 10.6. The zero-order chi connectivity index (χ0) is 22.5. The molecule has 0 radical (unpaired) electrons. The van der Waals surface area contributed by atoms with Crippen molar-refractivity contribution in [1.82, 2.24) is 14.5 Å². The molecule has 0 saturated carbocycles. The van der Waals surface area contributed by atoms with Crippen LogP contribution in [0.4, 0.5) is 10.1 Å². The summed E-state index contributed by atoms with van der Waals surface area (Å²) in [6.07, 6.45) is 3.84. The van der Waals surface area contributed by atoms with Gasteiger partial charge in [-0.25, -0.2) is 9.18 Å². The number of halogens is 1. The van der Waals surface area contributed by atoms with Gasteiger partial charge in [-0.15, -0.1) is 0 Å². The fraction of sp³-hybridized carbons (Fsp3) is 0.522. The van der Waals surface area contributed by atoms with E-state index in [2.05, 4.69) is 15.2 Å². The second-order valence-electron chi connectivity index (χ2n) is 8.24. The largest absolute Gasteiger partial charge is 0.379 e. The van der Waals surface area contributed by atoms with Gasteiger partial charge in [0.15, 0.2) is 0 Å². The molecule has 1 aliphatic carbocycles. The molecule has 1 saturated heterocycles. The van der Waals surface area contributed by atoms with Crippen LogP contribution < -0.4 is 11.0 Å². The molecule has 0 bridgehead atoms. The number of thioether (sulfide) groups is 1. The summed E-state index contributed by atoms with van der Waals surface area (Å²) in [4.78, 5) is 31.9. The van der Waals surface area contributed by atoms with Crippen molar-refractivity contribution in [2.75, 3.05) is 43.9 Å². The summed E-state index contributed by atoms with van der Waals surface area (Å²) in [7, 11) is 0. The van der Waals surface area contributed by atoms with Crippen molar-refractivity contribution < 1.29 is 13.9 Å². The highest BCUT2D eigenvalue weighted by molar-refractivity contribution is 8.00. The first-order chi connectivity index (χ1) is 15.5. The molecule has 2 heterocycles. The van der Waals surface area contributed by atoms with Crippen molar-refractivity contribution in [1.29, 1.82) is 0 Å². The minimum Gasteiger partial charge on any atom is -0.379 e. The summed E-state index contributed by atoms with van der Waals surface area (Å²) in [6, 6.07) is 4.62. The average Bonchev–Trinajstić information content (AvgIpc) is 2.80. The summed E-state index contributed by atoms with van der Waals surface area (Å²) in [5.41, 5.74) is 2.86. The summed E-state index contributed by atoms with van der Waals surface area (Å²) >= 11 is 1.28. The van der Waals surface area contributed by atoms with E-state index in [-0.39, 0.29) is 23.2 Å². The van der Waals surface area contributed by atoms with Crippen LogP contribution >= 0.6 is 11.8 Å². The van der Waals surface area contributed by atoms with Gasteiger partial charge in [0, 0.05) is 43.1 Å². The number of anilines is 1. The normalized spacial score (nSPS) is 16.6. The summed E-state index contributed by atoms with van der Waals surface area (Å²) in [5.74, 6) is -0.486. The number of nitrogens with one attached hydrogen (secondary N) is 1.